The second-order valence-electron chi connectivity index (χ2n) is 7.86. The molecule has 5 heteroatoms. The summed E-state index contributed by atoms with van der Waals surface area (Å²) in [5.74, 6) is -0.960. The van der Waals surface area contributed by atoms with Crippen molar-refractivity contribution in [1.29, 1.82) is 0 Å². The summed E-state index contributed by atoms with van der Waals surface area (Å²) < 4.78 is 0. The Labute approximate surface area is 193 Å². The molecule has 2 aromatic carbocycles. The molecule has 0 unspecified atom stereocenters. The third kappa shape index (κ3) is 11.2. The van der Waals surface area contributed by atoms with Gasteiger partial charge in [0, 0.05) is 10.7 Å². The third-order valence-electron chi connectivity index (χ3n) is 5.25. The summed E-state index contributed by atoms with van der Waals surface area (Å²) in [5, 5.41) is 12.8. The monoisotopic (exact) mass is 446 g/mol. The number of hydrogen-bond acceptors (Lipinski definition) is 3. The number of aromatic carboxylic acids is 1. The van der Waals surface area contributed by atoms with Crippen LogP contribution in [-0.2, 0) is 0 Å². The molecule has 0 saturated heterocycles. The number of carbonyl (C=O) groups is 1. The number of halogens is 1. The van der Waals surface area contributed by atoms with Crippen molar-refractivity contribution < 1.29 is 9.90 Å². The summed E-state index contributed by atoms with van der Waals surface area (Å²) >= 11 is 6.03. The van der Waals surface area contributed by atoms with E-state index in [1.807, 2.05) is 19.1 Å². The van der Waals surface area contributed by atoms with Gasteiger partial charge in [0.1, 0.15) is 0 Å². The van der Waals surface area contributed by atoms with Crippen LogP contribution in [0.3, 0.4) is 0 Å². The molecule has 0 radical (unpaired) electrons. The van der Waals surface area contributed by atoms with Crippen LogP contribution in [0.25, 0.3) is 0 Å². The van der Waals surface area contributed by atoms with Crippen LogP contribution in [0.4, 0.5) is 11.4 Å². The van der Waals surface area contributed by atoms with E-state index in [0.29, 0.717) is 10.7 Å². The molecule has 0 aromatic heterocycles. The molecule has 2 aromatic rings. The van der Waals surface area contributed by atoms with E-state index in [0.717, 1.165) is 17.8 Å². The Morgan fingerprint density at radius 2 is 1.42 bits per heavy atom. The molecule has 0 heterocycles. The normalized spacial score (nSPS) is 10.3. The van der Waals surface area contributed by atoms with Crippen molar-refractivity contribution in [3.05, 3.63) is 58.6 Å². The zero-order valence-corrected chi connectivity index (χ0v) is 19.9. The van der Waals surface area contributed by atoms with Gasteiger partial charge in [-0.15, -0.1) is 0 Å². The van der Waals surface area contributed by atoms with E-state index >= 15 is 0 Å². The fraction of sp³-hybridized carbons (Fsp3) is 0.500. The second-order valence-corrected chi connectivity index (χ2v) is 8.27. The van der Waals surface area contributed by atoms with E-state index in [-0.39, 0.29) is 5.56 Å². The number of para-hydroxylation sites is 1. The summed E-state index contributed by atoms with van der Waals surface area (Å²) in [6, 6.07) is 12.2. The summed E-state index contributed by atoms with van der Waals surface area (Å²) in [7, 11) is 0. The SMILES string of the molecule is CCCCCCCCCCCCN.Cc1c(Cl)cccc1Nc1ccccc1C(=O)O. The zero-order valence-electron chi connectivity index (χ0n) is 19.1. The molecule has 0 aliphatic rings. The molecule has 2 rings (SSSR count). The highest BCUT2D eigenvalue weighted by atomic mass is 35.5. The maximum Gasteiger partial charge on any atom is 0.337 e. The lowest BCUT2D eigenvalue weighted by Crippen LogP contribution is -2.03. The molecule has 0 spiro atoms. The van der Waals surface area contributed by atoms with E-state index in [1.165, 1.54) is 64.2 Å². The lowest BCUT2D eigenvalue weighted by atomic mass is 10.1. The Balaban J connectivity index is 0.000000330. The molecule has 4 N–H and O–H groups in total. The van der Waals surface area contributed by atoms with E-state index < -0.39 is 5.97 Å². The smallest absolute Gasteiger partial charge is 0.337 e. The number of carboxylic acid groups (broad SMARTS) is 1. The Hall–Kier alpha value is -2.04. The molecule has 0 saturated carbocycles. The lowest BCUT2D eigenvalue weighted by molar-refractivity contribution is 0.0698. The van der Waals surface area contributed by atoms with Gasteiger partial charge in [-0.1, -0.05) is 94.5 Å². The van der Waals surface area contributed by atoms with E-state index in [1.54, 1.807) is 30.3 Å². The molecule has 172 valence electrons. The van der Waals surface area contributed by atoms with E-state index in [4.69, 9.17) is 22.4 Å². The maximum absolute atomic E-state index is 11.1. The maximum atomic E-state index is 11.1. The van der Waals surface area contributed by atoms with Gasteiger partial charge in [0.05, 0.1) is 11.3 Å². The third-order valence-corrected chi connectivity index (χ3v) is 5.66. The van der Waals surface area contributed by atoms with Crippen LogP contribution >= 0.6 is 11.6 Å². The number of nitrogens with one attached hydrogen (secondary N) is 1. The minimum absolute atomic E-state index is 0.233. The van der Waals surface area contributed by atoms with Crippen LogP contribution in [0.15, 0.2) is 42.5 Å². The highest BCUT2D eigenvalue weighted by Gasteiger charge is 2.10. The largest absolute Gasteiger partial charge is 0.478 e. The molecule has 0 amide bonds. The number of hydrogen-bond donors (Lipinski definition) is 3. The lowest BCUT2D eigenvalue weighted by Gasteiger charge is -2.12. The first-order valence-electron chi connectivity index (χ1n) is 11.6. The Morgan fingerprint density at radius 1 is 0.871 bits per heavy atom. The molecular formula is C26H39ClN2O2. The number of rotatable bonds is 13. The minimum atomic E-state index is -0.960. The van der Waals surface area contributed by atoms with Crippen molar-refractivity contribution in [3.63, 3.8) is 0 Å². The fourth-order valence-electron chi connectivity index (χ4n) is 3.30. The number of nitrogens with two attached hydrogens (primary N) is 1. The van der Waals surface area contributed by atoms with Crippen molar-refractivity contribution in [1.82, 2.24) is 0 Å². The molecule has 31 heavy (non-hydrogen) atoms. The van der Waals surface area contributed by atoms with Gasteiger partial charge in [-0.3, -0.25) is 0 Å². The van der Waals surface area contributed by atoms with Crippen molar-refractivity contribution in [3.8, 4) is 0 Å². The van der Waals surface area contributed by atoms with Crippen LogP contribution in [-0.4, -0.2) is 17.6 Å². The Bertz CT molecular complexity index is 755. The quantitative estimate of drug-likeness (QED) is 0.273. The van der Waals surface area contributed by atoms with Gasteiger partial charge in [-0.25, -0.2) is 4.79 Å². The summed E-state index contributed by atoms with van der Waals surface area (Å²) in [6.07, 6.45) is 13.9. The first-order valence-corrected chi connectivity index (χ1v) is 11.9. The molecule has 0 fully saturated rings. The molecule has 0 bridgehead atoms. The first-order chi connectivity index (χ1) is 15.0. The zero-order chi connectivity index (χ0) is 22.9. The van der Waals surface area contributed by atoms with Gasteiger partial charge in [-0.2, -0.15) is 0 Å². The Kier molecular flexibility index (Phi) is 14.5. The summed E-state index contributed by atoms with van der Waals surface area (Å²) in [6.45, 7) is 5.03. The molecule has 4 nitrogen and oxygen atoms in total. The van der Waals surface area contributed by atoms with Crippen LogP contribution in [0.1, 0.15) is 87.1 Å². The average molecular weight is 447 g/mol. The van der Waals surface area contributed by atoms with Gasteiger partial charge >= 0.3 is 5.97 Å². The Morgan fingerprint density at radius 3 is 2.00 bits per heavy atom. The average Bonchev–Trinajstić information content (AvgIpc) is 2.76. The van der Waals surface area contributed by atoms with Gasteiger partial charge in [-0.05, 0) is 49.7 Å². The predicted octanol–water partition coefficient (Wildman–Crippen LogP) is 7.96. The van der Waals surface area contributed by atoms with Gasteiger partial charge < -0.3 is 16.2 Å². The molecule has 0 atom stereocenters. The van der Waals surface area contributed by atoms with Crippen LogP contribution < -0.4 is 11.1 Å². The van der Waals surface area contributed by atoms with Gasteiger partial charge in [0.2, 0.25) is 0 Å². The topological polar surface area (TPSA) is 75.3 Å². The standard InChI is InChI=1S/C14H12ClNO2.C12H27N/c1-9-11(15)6-4-8-12(9)16-13-7-3-2-5-10(13)14(17)18;1-2-3-4-5-6-7-8-9-10-11-12-13/h2-8,16H,1H3,(H,17,18);2-13H2,1H3. The van der Waals surface area contributed by atoms with Crippen molar-refractivity contribution in [2.75, 3.05) is 11.9 Å². The van der Waals surface area contributed by atoms with E-state index in [2.05, 4.69) is 12.2 Å². The minimum Gasteiger partial charge on any atom is -0.478 e. The molecule has 0 aliphatic heterocycles. The summed E-state index contributed by atoms with van der Waals surface area (Å²) in [5.41, 5.74) is 7.90. The van der Waals surface area contributed by atoms with Gasteiger partial charge in [0.25, 0.3) is 0 Å². The number of unbranched alkanes of at least 4 members (excludes halogenated alkanes) is 9. The predicted molar refractivity (Wildman–Crippen MR) is 134 cm³/mol. The first kappa shape index (κ1) is 27.0. The second kappa shape index (κ2) is 16.6. The summed E-state index contributed by atoms with van der Waals surface area (Å²) in [4.78, 5) is 11.1. The van der Waals surface area contributed by atoms with Gasteiger partial charge in [0.15, 0.2) is 0 Å². The van der Waals surface area contributed by atoms with Crippen molar-refractivity contribution in [2.45, 2.75) is 78.1 Å². The van der Waals surface area contributed by atoms with E-state index in [9.17, 15) is 4.79 Å². The number of benzene rings is 2. The number of carboxylic acids is 1. The highest BCUT2D eigenvalue weighted by Crippen LogP contribution is 2.27. The van der Waals surface area contributed by atoms with Crippen LogP contribution in [0, 0.1) is 6.92 Å². The number of anilines is 2. The van der Waals surface area contributed by atoms with Crippen LogP contribution in [0.5, 0.6) is 0 Å². The fourth-order valence-corrected chi connectivity index (χ4v) is 3.47. The van der Waals surface area contributed by atoms with Crippen molar-refractivity contribution in [2.24, 2.45) is 5.73 Å². The van der Waals surface area contributed by atoms with Crippen LogP contribution in [0.2, 0.25) is 5.02 Å². The molecule has 0 aliphatic carbocycles. The highest BCUT2D eigenvalue weighted by molar-refractivity contribution is 6.31. The molecular weight excluding hydrogens is 408 g/mol. The van der Waals surface area contributed by atoms with Crippen molar-refractivity contribution >= 4 is 28.9 Å².